The fourth-order valence-corrected chi connectivity index (χ4v) is 7.62. The van der Waals surface area contributed by atoms with Crippen LogP contribution in [0.5, 0.6) is 17.2 Å². The number of aromatic nitrogens is 1. The molecule has 1 spiro atoms. The van der Waals surface area contributed by atoms with Crippen molar-refractivity contribution in [3.8, 4) is 17.2 Å². The third-order valence-corrected chi connectivity index (χ3v) is 11.3. The lowest BCUT2D eigenvalue weighted by molar-refractivity contribution is -0.139. The summed E-state index contributed by atoms with van der Waals surface area (Å²) in [5, 5.41) is 12.8. The van der Waals surface area contributed by atoms with Crippen molar-refractivity contribution in [1.82, 2.24) is 15.2 Å². The Morgan fingerprint density at radius 2 is 1.90 bits per heavy atom. The topological polar surface area (TPSA) is 102 Å². The number of halogens is 1. The van der Waals surface area contributed by atoms with E-state index in [1.807, 2.05) is 18.2 Å². The first-order chi connectivity index (χ1) is 25.1. The summed E-state index contributed by atoms with van der Waals surface area (Å²) in [5.74, 6) is 1.14. The third kappa shape index (κ3) is 9.55. The zero-order valence-corrected chi connectivity index (χ0v) is 31.4. The van der Waals surface area contributed by atoms with E-state index in [1.165, 1.54) is 24.8 Å². The maximum atomic E-state index is 11.4. The van der Waals surface area contributed by atoms with Crippen molar-refractivity contribution in [3.05, 3.63) is 106 Å². The first kappa shape index (κ1) is 37.9. The normalized spacial score (nSPS) is 20.0. The summed E-state index contributed by atoms with van der Waals surface area (Å²) in [6, 6.07) is 15.1. The molecule has 0 radical (unpaired) electrons. The molecule has 2 aliphatic heterocycles. The van der Waals surface area contributed by atoms with Gasteiger partial charge in [0.1, 0.15) is 36.5 Å². The average molecular weight is 730 g/mol. The Bertz CT molecular complexity index is 1710. The molecule has 2 atom stereocenters. The molecule has 3 aromatic rings. The minimum atomic E-state index is -0.935. The number of likely N-dealkylation sites (tertiary alicyclic amines) is 1. The molecule has 2 saturated heterocycles. The highest BCUT2D eigenvalue weighted by Gasteiger charge is 2.38. The highest BCUT2D eigenvalue weighted by atomic mass is 35.5. The molecule has 10 heteroatoms. The molecule has 0 bridgehead atoms. The summed E-state index contributed by atoms with van der Waals surface area (Å²) in [7, 11) is 0. The van der Waals surface area contributed by atoms with E-state index in [-0.39, 0.29) is 17.9 Å². The van der Waals surface area contributed by atoms with Crippen LogP contribution in [-0.2, 0) is 22.7 Å². The minimum Gasteiger partial charge on any atom is -0.494 e. The van der Waals surface area contributed by atoms with Gasteiger partial charge in [0.25, 0.3) is 0 Å². The zero-order valence-electron chi connectivity index (χ0n) is 30.6. The van der Waals surface area contributed by atoms with Crippen LogP contribution >= 0.6 is 11.6 Å². The number of nitrogens with zero attached hydrogens (tertiary/aromatic N) is 2. The molecular weight excluding hydrogens is 678 g/mol. The van der Waals surface area contributed by atoms with Gasteiger partial charge in [-0.25, -0.2) is 0 Å². The molecule has 52 heavy (non-hydrogen) atoms. The van der Waals surface area contributed by atoms with Crippen molar-refractivity contribution in [2.75, 3.05) is 46.1 Å². The number of hydrogen-bond acceptors (Lipinski definition) is 8. The van der Waals surface area contributed by atoms with Crippen LogP contribution in [0.15, 0.2) is 84.7 Å². The Balaban J connectivity index is 1.06. The number of allylic oxidation sites excluding steroid dienone is 3. The van der Waals surface area contributed by atoms with Crippen LogP contribution in [0.25, 0.3) is 0 Å². The highest BCUT2D eigenvalue weighted by molar-refractivity contribution is 6.32. The Morgan fingerprint density at radius 1 is 1.08 bits per heavy atom. The SMILES string of the molecule is C[C@@H](NCc1cc(Cl)c(OCC2=CC=CC(c3cccc(OCCCN4CCC5(CCOC5)CC4)c3)C2(C)C)cc1OCc1cccnc1)C(=O)O. The molecule has 3 heterocycles. The Hall–Kier alpha value is -3.89. The summed E-state index contributed by atoms with van der Waals surface area (Å²) in [5.41, 5.74) is 4.17. The van der Waals surface area contributed by atoms with Gasteiger partial charge in [0.15, 0.2) is 0 Å². The third-order valence-electron chi connectivity index (χ3n) is 11.0. The Morgan fingerprint density at radius 3 is 2.65 bits per heavy atom. The van der Waals surface area contributed by atoms with E-state index in [9.17, 15) is 9.90 Å². The lowest BCUT2D eigenvalue weighted by Gasteiger charge is -2.38. The van der Waals surface area contributed by atoms with Gasteiger partial charge in [-0.2, -0.15) is 0 Å². The van der Waals surface area contributed by atoms with E-state index in [1.54, 1.807) is 31.5 Å². The quantitative estimate of drug-likeness (QED) is 0.143. The van der Waals surface area contributed by atoms with E-state index >= 15 is 0 Å². The maximum absolute atomic E-state index is 11.4. The van der Waals surface area contributed by atoms with Crippen LogP contribution in [0, 0.1) is 10.8 Å². The molecule has 0 amide bonds. The van der Waals surface area contributed by atoms with Crippen molar-refractivity contribution in [3.63, 3.8) is 0 Å². The average Bonchev–Trinajstić information content (AvgIpc) is 3.60. The van der Waals surface area contributed by atoms with Crippen molar-refractivity contribution < 1.29 is 28.8 Å². The van der Waals surface area contributed by atoms with E-state index in [2.05, 4.69) is 65.5 Å². The monoisotopic (exact) mass is 729 g/mol. The molecule has 278 valence electrons. The Labute approximate surface area is 313 Å². The van der Waals surface area contributed by atoms with Gasteiger partial charge in [-0.1, -0.05) is 61.9 Å². The number of nitrogens with one attached hydrogen (secondary N) is 1. The number of carboxylic acids is 1. The highest BCUT2D eigenvalue weighted by Crippen LogP contribution is 2.46. The number of carbonyl (C=O) groups is 1. The molecule has 9 nitrogen and oxygen atoms in total. The van der Waals surface area contributed by atoms with Gasteiger partial charge < -0.3 is 34.3 Å². The number of ether oxygens (including phenoxy) is 4. The molecular formula is C42H52ClN3O6. The second kappa shape index (κ2) is 17.3. The summed E-state index contributed by atoms with van der Waals surface area (Å²) >= 11 is 6.76. The fraction of sp³-hybridized carbons (Fsp3) is 0.476. The predicted octanol–water partition coefficient (Wildman–Crippen LogP) is 7.83. The van der Waals surface area contributed by atoms with E-state index < -0.39 is 12.0 Å². The number of benzene rings is 2. The molecule has 0 saturated carbocycles. The van der Waals surface area contributed by atoms with Crippen molar-refractivity contribution in [2.45, 2.75) is 71.6 Å². The zero-order chi connectivity index (χ0) is 36.6. The lowest BCUT2D eigenvalue weighted by Crippen LogP contribution is -2.41. The summed E-state index contributed by atoms with van der Waals surface area (Å²) in [6.07, 6.45) is 14.7. The standard InChI is InChI=1S/C42H52ClN3O6/c1-30(40(47)48)45-26-33-23-37(43)39(24-38(33)51-27-31-8-6-16-44-25-31)52-28-34-10-5-12-36(41(34,2)3)32-9-4-11-35(22-32)50-20-7-17-46-18-13-42(14-19-46)15-21-49-29-42/h4-6,8-12,16,22-25,30,36,45H,7,13-15,17-21,26-29H2,1-3H3,(H,47,48)/t30-,36?/m1/s1. The molecule has 2 aromatic carbocycles. The van der Waals surface area contributed by atoms with Crippen LogP contribution in [0.2, 0.25) is 5.02 Å². The Kier molecular flexibility index (Phi) is 12.6. The van der Waals surface area contributed by atoms with Crippen LogP contribution < -0.4 is 19.5 Å². The van der Waals surface area contributed by atoms with Gasteiger partial charge in [0.2, 0.25) is 0 Å². The second-order valence-corrected chi connectivity index (χ2v) is 15.4. The molecule has 2 fully saturated rings. The molecule has 1 unspecified atom stereocenters. The van der Waals surface area contributed by atoms with Gasteiger partial charge in [-0.05, 0) is 91.9 Å². The molecule has 2 N–H and O–H groups in total. The van der Waals surface area contributed by atoms with Crippen LogP contribution in [0.4, 0.5) is 0 Å². The first-order valence-electron chi connectivity index (χ1n) is 18.5. The van der Waals surface area contributed by atoms with Crippen molar-refractivity contribution >= 4 is 17.6 Å². The van der Waals surface area contributed by atoms with Crippen molar-refractivity contribution in [2.24, 2.45) is 10.8 Å². The predicted molar refractivity (Wildman–Crippen MR) is 203 cm³/mol. The first-order valence-corrected chi connectivity index (χ1v) is 18.8. The van der Waals surface area contributed by atoms with E-state index in [0.29, 0.717) is 41.8 Å². The number of piperidine rings is 1. The number of aliphatic carboxylic acids is 1. The van der Waals surface area contributed by atoms with Crippen LogP contribution in [0.3, 0.4) is 0 Å². The summed E-state index contributed by atoms with van der Waals surface area (Å²) in [6.45, 7) is 12.9. The fourth-order valence-electron chi connectivity index (χ4n) is 7.38. The molecule has 1 aliphatic carbocycles. The van der Waals surface area contributed by atoms with Crippen molar-refractivity contribution in [1.29, 1.82) is 0 Å². The van der Waals surface area contributed by atoms with Gasteiger partial charge in [-0.3, -0.25) is 9.78 Å². The maximum Gasteiger partial charge on any atom is 0.320 e. The van der Waals surface area contributed by atoms with Gasteiger partial charge in [0.05, 0.1) is 18.2 Å². The van der Waals surface area contributed by atoms with Crippen LogP contribution in [-0.4, -0.2) is 73.1 Å². The molecule has 1 aromatic heterocycles. The molecule has 3 aliphatic rings. The lowest BCUT2D eigenvalue weighted by atomic mass is 9.68. The summed E-state index contributed by atoms with van der Waals surface area (Å²) < 4.78 is 24.6. The van der Waals surface area contributed by atoms with Gasteiger partial charge in [0, 0.05) is 55.2 Å². The smallest absolute Gasteiger partial charge is 0.320 e. The van der Waals surface area contributed by atoms with E-state index in [4.69, 9.17) is 30.5 Å². The summed E-state index contributed by atoms with van der Waals surface area (Å²) in [4.78, 5) is 18.2. The van der Waals surface area contributed by atoms with Crippen LogP contribution in [0.1, 0.15) is 69.1 Å². The number of rotatable bonds is 16. The number of carboxylic acid groups (broad SMARTS) is 1. The second-order valence-electron chi connectivity index (χ2n) is 15.0. The molecule has 6 rings (SSSR count). The van der Waals surface area contributed by atoms with Gasteiger partial charge in [-0.15, -0.1) is 0 Å². The van der Waals surface area contributed by atoms with E-state index in [0.717, 1.165) is 61.7 Å². The minimum absolute atomic E-state index is 0.124. The number of hydrogen-bond donors (Lipinski definition) is 2. The van der Waals surface area contributed by atoms with Gasteiger partial charge >= 0.3 is 5.97 Å². The largest absolute Gasteiger partial charge is 0.494 e. The number of pyridine rings is 1.